The van der Waals surface area contributed by atoms with Gasteiger partial charge in [0.2, 0.25) is 0 Å². The zero-order valence-corrected chi connectivity index (χ0v) is 17.9. The van der Waals surface area contributed by atoms with Gasteiger partial charge < -0.3 is 14.5 Å². The first-order chi connectivity index (χ1) is 14.3. The van der Waals surface area contributed by atoms with Crippen LogP contribution in [0, 0.1) is 11.7 Å². The normalized spacial score (nSPS) is 15.6. The van der Waals surface area contributed by atoms with Crippen molar-refractivity contribution in [3.63, 3.8) is 0 Å². The molecule has 1 unspecified atom stereocenters. The van der Waals surface area contributed by atoms with Crippen LogP contribution in [0.2, 0.25) is 5.02 Å². The number of rotatable bonds is 5. The van der Waals surface area contributed by atoms with Crippen molar-refractivity contribution in [2.24, 2.45) is 5.92 Å². The molecule has 0 aliphatic carbocycles. The van der Waals surface area contributed by atoms with Crippen LogP contribution in [0.25, 0.3) is 0 Å². The summed E-state index contributed by atoms with van der Waals surface area (Å²) >= 11 is 5.92. The molecule has 0 radical (unpaired) electrons. The van der Waals surface area contributed by atoms with Crippen molar-refractivity contribution in [3.05, 3.63) is 64.9 Å². The minimum absolute atomic E-state index is 0.0200. The van der Waals surface area contributed by atoms with Crippen LogP contribution in [-0.2, 0) is 4.79 Å². The van der Waals surface area contributed by atoms with Gasteiger partial charge in [-0.15, -0.1) is 0 Å². The van der Waals surface area contributed by atoms with E-state index in [-0.39, 0.29) is 23.5 Å². The highest BCUT2D eigenvalue weighted by atomic mass is 35.5. The fourth-order valence-corrected chi connectivity index (χ4v) is 3.55. The smallest absolute Gasteiger partial charge is 0.263 e. The van der Waals surface area contributed by atoms with E-state index in [4.69, 9.17) is 16.3 Å². The molecule has 0 spiro atoms. The van der Waals surface area contributed by atoms with Crippen LogP contribution in [0.15, 0.2) is 48.5 Å². The molecule has 0 saturated carbocycles. The third kappa shape index (κ3) is 5.51. The lowest BCUT2D eigenvalue weighted by Gasteiger charge is -2.29. The van der Waals surface area contributed by atoms with Crippen molar-refractivity contribution in [2.45, 2.75) is 26.4 Å². The van der Waals surface area contributed by atoms with Crippen LogP contribution in [0.5, 0.6) is 5.75 Å². The van der Waals surface area contributed by atoms with Gasteiger partial charge in [-0.3, -0.25) is 9.59 Å². The first-order valence-electron chi connectivity index (χ1n) is 10.1. The molecule has 1 heterocycles. The summed E-state index contributed by atoms with van der Waals surface area (Å²) in [7, 11) is 0. The maximum absolute atomic E-state index is 13.2. The first-order valence-corrected chi connectivity index (χ1v) is 10.5. The lowest BCUT2D eigenvalue weighted by Crippen LogP contribution is -2.46. The number of benzene rings is 2. The number of hydrogen-bond donors (Lipinski definition) is 0. The third-order valence-electron chi connectivity index (χ3n) is 5.11. The molecule has 1 atom stereocenters. The SMILES string of the molecule is CC(C)C(Oc1ccc(Cl)cc1)C(=O)N1CCCN(C(=O)c2ccc(F)cc2)CC1. The number of halogens is 2. The van der Waals surface area contributed by atoms with Crippen molar-refractivity contribution in [2.75, 3.05) is 26.2 Å². The van der Waals surface area contributed by atoms with Crippen LogP contribution < -0.4 is 4.74 Å². The Kier molecular flexibility index (Phi) is 7.32. The van der Waals surface area contributed by atoms with Crippen LogP contribution in [0.1, 0.15) is 30.6 Å². The highest BCUT2D eigenvalue weighted by molar-refractivity contribution is 6.30. The molecule has 1 fully saturated rings. The quantitative estimate of drug-likeness (QED) is 0.709. The molecule has 2 aromatic carbocycles. The molecule has 2 amide bonds. The molecule has 7 heteroatoms. The Morgan fingerprint density at radius 2 is 1.53 bits per heavy atom. The molecule has 0 bridgehead atoms. The number of amides is 2. The van der Waals surface area contributed by atoms with Crippen LogP contribution >= 0.6 is 11.6 Å². The lowest BCUT2D eigenvalue weighted by molar-refractivity contribution is -0.140. The zero-order chi connectivity index (χ0) is 21.7. The molecule has 5 nitrogen and oxygen atoms in total. The van der Waals surface area contributed by atoms with E-state index in [2.05, 4.69) is 0 Å². The van der Waals surface area contributed by atoms with E-state index in [1.54, 1.807) is 34.1 Å². The van der Waals surface area contributed by atoms with Crippen LogP contribution in [0.3, 0.4) is 0 Å². The van der Waals surface area contributed by atoms with Gasteiger partial charge in [0.25, 0.3) is 11.8 Å². The van der Waals surface area contributed by atoms with Gasteiger partial charge in [0.05, 0.1) is 0 Å². The molecule has 1 aliphatic rings. The van der Waals surface area contributed by atoms with Gasteiger partial charge in [-0.25, -0.2) is 4.39 Å². The molecule has 1 aliphatic heterocycles. The number of ether oxygens (including phenoxy) is 1. The predicted molar refractivity (Wildman–Crippen MR) is 114 cm³/mol. The Bertz CT molecular complexity index is 871. The molecular formula is C23H26ClFN2O3. The van der Waals surface area contributed by atoms with Crippen molar-refractivity contribution in [3.8, 4) is 5.75 Å². The number of carbonyl (C=O) groups is 2. The van der Waals surface area contributed by atoms with E-state index in [0.717, 1.165) is 0 Å². The third-order valence-corrected chi connectivity index (χ3v) is 5.36. The standard InChI is InChI=1S/C23H26ClFN2O3/c1-16(2)21(30-20-10-6-18(24)7-11-20)23(29)27-13-3-12-26(14-15-27)22(28)17-4-8-19(25)9-5-17/h4-11,16,21H,3,12-15H2,1-2H3. The minimum Gasteiger partial charge on any atom is -0.480 e. The number of nitrogens with zero attached hydrogens (tertiary/aromatic N) is 2. The molecule has 160 valence electrons. The van der Waals surface area contributed by atoms with Gasteiger partial charge in [-0.1, -0.05) is 25.4 Å². The molecular weight excluding hydrogens is 407 g/mol. The highest BCUT2D eigenvalue weighted by Gasteiger charge is 2.31. The summed E-state index contributed by atoms with van der Waals surface area (Å²) in [6, 6.07) is 12.5. The van der Waals surface area contributed by atoms with Crippen LogP contribution in [0.4, 0.5) is 4.39 Å². The molecule has 1 saturated heterocycles. The topological polar surface area (TPSA) is 49.9 Å². The van der Waals surface area contributed by atoms with Gasteiger partial charge >= 0.3 is 0 Å². The van der Waals surface area contributed by atoms with Gasteiger partial charge in [-0.2, -0.15) is 0 Å². The predicted octanol–water partition coefficient (Wildman–Crippen LogP) is 4.26. The monoisotopic (exact) mass is 432 g/mol. The zero-order valence-electron chi connectivity index (χ0n) is 17.2. The number of carbonyl (C=O) groups excluding carboxylic acids is 2. The average molecular weight is 433 g/mol. The Morgan fingerprint density at radius 3 is 2.17 bits per heavy atom. The summed E-state index contributed by atoms with van der Waals surface area (Å²) in [6.07, 6.45) is 0.0512. The maximum Gasteiger partial charge on any atom is 0.263 e. The Morgan fingerprint density at radius 1 is 0.933 bits per heavy atom. The summed E-state index contributed by atoms with van der Waals surface area (Å²) in [5.74, 6) is -0.0412. The highest BCUT2D eigenvalue weighted by Crippen LogP contribution is 2.21. The van der Waals surface area contributed by atoms with Gasteiger partial charge in [0, 0.05) is 36.8 Å². The summed E-state index contributed by atoms with van der Waals surface area (Å²) in [4.78, 5) is 29.4. The largest absolute Gasteiger partial charge is 0.480 e. The van der Waals surface area contributed by atoms with Crippen molar-refractivity contribution < 1.29 is 18.7 Å². The molecule has 2 aromatic rings. The van der Waals surface area contributed by atoms with Crippen molar-refractivity contribution in [1.29, 1.82) is 0 Å². The van der Waals surface area contributed by atoms with E-state index < -0.39 is 6.10 Å². The Balaban J connectivity index is 1.65. The van der Waals surface area contributed by atoms with Crippen molar-refractivity contribution >= 4 is 23.4 Å². The Labute approximate surface area is 181 Å². The van der Waals surface area contributed by atoms with E-state index in [1.165, 1.54) is 24.3 Å². The first kappa shape index (κ1) is 22.1. The molecule has 30 heavy (non-hydrogen) atoms. The molecule has 0 aromatic heterocycles. The second-order valence-electron chi connectivity index (χ2n) is 7.71. The second kappa shape index (κ2) is 9.94. The summed E-state index contributed by atoms with van der Waals surface area (Å²) < 4.78 is 19.1. The second-order valence-corrected chi connectivity index (χ2v) is 8.15. The van der Waals surface area contributed by atoms with Crippen molar-refractivity contribution in [1.82, 2.24) is 9.80 Å². The van der Waals surface area contributed by atoms with E-state index in [0.29, 0.717) is 48.9 Å². The molecule has 0 N–H and O–H groups in total. The van der Waals surface area contributed by atoms with E-state index in [9.17, 15) is 14.0 Å². The summed E-state index contributed by atoms with van der Waals surface area (Å²) in [5.41, 5.74) is 0.447. The lowest BCUT2D eigenvalue weighted by atomic mass is 10.1. The van der Waals surface area contributed by atoms with Gasteiger partial charge in [-0.05, 0) is 60.9 Å². The Hall–Kier alpha value is -2.60. The summed E-state index contributed by atoms with van der Waals surface area (Å²) in [6.45, 7) is 5.84. The van der Waals surface area contributed by atoms with Gasteiger partial charge in [0.15, 0.2) is 6.10 Å². The van der Waals surface area contributed by atoms with E-state index >= 15 is 0 Å². The summed E-state index contributed by atoms with van der Waals surface area (Å²) in [5, 5.41) is 0.605. The maximum atomic E-state index is 13.2. The van der Waals surface area contributed by atoms with E-state index in [1.807, 2.05) is 13.8 Å². The average Bonchev–Trinajstić information content (AvgIpc) is 2.99. The molecule has 3 rings (SSSR count). The minimum atomic E-state index is -0.620. The fourth-order valence-electron chi connectivity index (χ4n) is 3.43. The number of hydrogen-bond acceptors (Lipinski definition) is 3. The van der Waals surface area contributed by atoms with Gasteiger partial charge in [0.1, 0.15) is 11.6 Å². The fraction of sp³-hybridized carbons (Fsp3) is 0.391. The van der Waals surface area contributed by atoms with Crippen LogP contribution in [-0.4, -0.2) is 53.9 Å².